The van der Waals surface area contributed by atoms with Crippen LogP contribution in [0.15, 0.2) is 24.5 Å². The molecule has 21 heavy (non-hydrogen) atoms. The molecular formula is C17H25N3O. The van der Waals surface area contributed by atoms with E-state index < -0.39 is 0 Å². The Bertz CT molecular complexity index is 617. The van der Waals surface area contributed by atoms with Gasteiger partial charge in [-0.1, -0.05) is 39.8 Å². The van der Waals surface area contributed by atoms with Gasteiger partial charge in [-0.25, -0.2) is 9.97 Å². The molecule has 2 N–H and O–H groups in total. The van der Waals surface area contributed by atoms with Crippen molar-refractivity contribution in [1.29, 1.82) is 0 Å². The van der Waals surface area contributed by atoms with Gasteiger partial charge >= 0.3 is 0 Å². The second kappa shape index (κ2) is 5.98. The van der Waals surface area contributed by atoms with Gasteiger partial charge in [-0.3, -0.25) is 0 Å². The maximum absolute atomic E-state index is 10.3. The van der Waals surface area contributed by atoms with E-state index in [4.69, 9.17) is 0 Å². The molecule has 2 rings (SSSR count). The molecule has 0 radical (unpaired) electrons. The summed E-state index contributed by atoms with van der Waals surface area (Å²) in [6.45, 7) is 10.9. The van der Waals surface area contributed by atoms with Crippen LogP contribution in [0.2, 0.25) is 0 Å². The quantitative estimate of drug-likeness (QED) is 0.885. The number of nitrogens with one attached hydrogen (secondary N) is 1. The third kappa shape index (κ3) is 3.32. The molecule has 0 saturated carbocycles. The minimum Gasteiger partial charge on any atom is -0.392 e. The maximum Gasteiger partial charge on any atom is 0.137 e. The summed E-state index contributed by atoms with van der Waals surface area (Å²) in [6, 6.07) is 6.05. The summed E-state index contributed by atoms with van der Waals surface area (Å²) in [6.07, 6.45) is 1.22. The number of nitrogens with zero attached hydrogens (tertiary/aromatic N) is 2. The molecule has 1 heterocycles. The van der Waals surface area contributed by atoms with Gasteiger partial charge in [0.15, 0.2) is 0 Å². The van der Waals surface area contributed by atoms with Crippen LogP contribution in [0.25, 0.3) is 10.9 Å². The fourth-order valence-electron chi connectivity index (χ4n) is 2.73. The molecule has 0 fully saturated rings. The van der Waals surface area contributed by atoms with Crippen molar-refractivity contribution in [2.45, 2.75) is 40.7 Å². The van der Waals surface area contributed by atoms with Gasteiger partial charge in [-0.15, -0.1) is 0 Å². The van der Waals surface area contributed by atoms with E-state index in [1.165, 1.54) is 0 Å². The van der Waals surface area contributed by atoms with E-state index in [1.54, 1.807) is 6.33 Å². The third-order valence-electron chi connectivity index (χ3n) is 4.01. The van der Waals surface area contributed by atoms with Crippen molar-refractivity contribution >= 4 is 16.7 Å². The fourth-order valence-corrected chi connectivity index (χ4v) is 2.73. The number of hydrogen-bond donors (Lipinski definition) is 2. The van der Waals surface area contributed by atoms with Gasteiger partial charge in [0.05, 0.1) is 11.6 Å². The zero-order valence-corrected chi connectivity index (χ0v) is 13.5. The molecule has 0 bridgehead atoms. The van der Waals surface area contributed by atoms with Crippen molar-refractivity contribution in [3.63, 3.8) is 0 Å². The summed E-state index contributed by atoms with van der Waals surface area (Å²) >= 11 is 0. The number of aliphatic hydroxyl groups is 1. The number of aromatic nitrogens is 2. The van der Waals surface area contributed by atoms with Gasteiger partial charge in [-0.2, -0.15) is 0 Å². The van der Waals surface area contributed by atoms with Gasteiger partial charge in [-0.05, 0) is 24.5 Å². The van der Waals surface area contributed by atoms with Crippen LogP contribution in [-0.2, 0) is 0 Å². The summed E-state index contributed by atoms with van der Waals surface area (Å²) in [4.78, 5) is 8.68. The average molecular weight is 287 g/mol. The van der Waals surface area contributed by atoms with Gasteiger partial charge < -0.3 is 10.4 Å². The molecule has 1 unspecified atom stereocenters. The lowest BCUT2D eigenvalue weighted by atomic mass is 9.80. The molecule has 4 nitrogen and oxygen atoms in total. The minimum absolute atomic E-state index is 0.227. The first-order valence-corrected chi connectivity index (χ1v) is 7.45. The lowest BCUT2D eigenvalue weighted by Gasteiger charge is -2.33. The predicted molar refractivity (Wildman–Crippen MR) is 87.4 cm³/mol. The average Bonchev–Trinajstić information content (AvgIpc) is 2.44. The number of fused-ring (bicyclic) bond motifs is 1. The van der Waals surface area contributed by atoms with Crippen LogP contribution in [0.4, 0.5) is 5.82 Å². The highest BCUT2D eigenvalue weighted by Gasteiger charge is 2.30. The third-order valence-corrected chi connectivity index (χ3v) is 4.01. The Hall–Kier alpha value is -1.68. The summed E-state index contributed by atoms with van der Waals surface area (Å²) in [7, 11) is 0. The first-order chi connectivity index (χ1) is 9.83. The zero-order valence-electron chi connectivity index (χ0n) is 13.5. The van der Waals surface area contributed by atoms with E-state index in [0.717, 1.165) is 22.3 Å². The van der Waals surface area contributed by atoms with E-state index in [2.05, 4.69) is 42.1 Å². The van der Waals surface area contributed by atoms with Crippen molar-refractivity contribution < 1.29 is 5.11 Å². The Morgan fingerprint density at radius 3 is 2.62 bits per heavy atom. The van der Waals surface area contributed by atoms with Crippen LogP contribution in [0, 0.1) is 18.3 Å². The molecule has 1 aromatic carbocycles. The number of aryl methyl sites for hydroxylation is 1. The van der Waals surface area contributed by atoms with E-state index in [0.29, 0.717) is 6.54 Å². The monoisotopic (exact) mass is 287 g/mol. The first kappa shape index (κ1) is 15.7. The highest BCUT2D eigenvalue weighted by atomic mass is 16.3. The Labute approximate surface area is 126 Å². The van der Waals surface area contributed by atoms with Crippen molar-refractivity contribution in [1.82, 2.24) is 9.97 Å². The van der Waals surface area contributed by atoms with Crippen molar-refractivity contribution in [2.24, 2.45) is 11.3 Å². The van der Waals surface area contributed by atoms with Crippen molar-refractivity contribution in [3.8, 4) is 0 Å². The summed E-state index contributed by atoms with van der Waals surface area (Å²) in [5, 5.41) is 14.8. The Morgan fingerprint density at radius 2 is 1.95 bits per heavy atom. The molecule has 0 aliphatic carbocycles. The van der Waals surface area contributed by atoms with Crippen LogP contribution in [-0.4, -0.2) is 27.7 Å². The van der Waals surface area contributed by atoms with E-state index in [9.17, 15) is 5.11 Å². The number of rotatable bonds is 5. The van der Waals surface area contributed by atoms with Crippen molar-refractivity contribution in [3.05, 3.63) is 30.1 Å². The number of anilines is 1. The molecule has 114 valence electrons. The normalized spacial score (nSPS) is 13.7. The predicted octanol–water partition coefficient (Wildman–Crippen LogP) is 3.39. The molecule has 1 aromatic heterocycles. The first-order valence-electron chi connectivity index (χ1n) is 7.45. The van der Waals surface area contributed by atoms with Crippen LogP contribution in [0.3, 0.4) is 0 Å². The molecule has 0 aliphatic rings. The van der Waals surface area contributed by atoms with Gasteiger partial charge in [0.25, 0.3) is 0 Å². The standard InChI is InChI=1S/C17H25N3O/c1-11(2)15(21)17(4,5)9-18-16-14-12(3)7-6-8-13(14)19-10-20-16/h6-8,10-11,15,21H,9H2,1-5H3,(H,18,19,20). The lowest BCUT2D eigenvalue weighted by molar-refractivity contribution is 0.0210. The zero-order chi connectivity index (χ0) is 15.6. The molecule has 0 amide bonds. The Balaban J connectivity index is 2.25. The minimum atomic E-state index is -0.362. The Kier molecular flexibility index (Phi) is 4.47. The number of benzene rings is 1. The van der Waals surface area contributed by atoms with E-state index in [1.807, 2.05) is 26.0 Å². The van der Waals surface area contributed by atoms with Crippen LogP contribution in [0.1, 0.15) is 33.3 Å². The lowest BCUT2D eigenvalue weighted by Crippen LogP contribution is -2.39. The topological polar surface area (TPSA) is 58.0 Å². The highest BCUT2D eigenvalue weighted by Crippen LogP contribution is 2.28. The molecule has 0 spiro atoms. The molecular weight excluding hydrogens is 262 g/mol. The molecule has 1 atom stereocenters. The fraction of sp³-hybridized carbons (Fsp3) is 0.529. The van der Waals surface area contributed by atoms with Crippen LogP contribution in [0.5, 0.6) is 0 Å². The molecule has 0 aliphatic heterocycles. The molecule has 2 aromatic rings. The summed E-state index contributed by atoms with van der Waals surface area (Å²) < 4.78 is 0. The number of hydrogen-bond acceptors (Lipinski definition) is 4. The molecule has 0 saturated heterocycles. The van der Waals surface area contributed by atoms with E-state index in [-0.39, 0.29) is 17.4 Å². The van der Waals surface area contributed by atoms with Crippen LogP contribution >= 0.6 is 0 Å². The summed E-state index contributed by atoms with van der Waals surface area (Å²) in [5.41, 5.74) is 1.86. The number of aliphatic hydroxyl groups excluding tert-OH is 1. The van der Waals surface area contributed by atoms with Gasteiger partial charge in [0.2, 0.25) is 0 Å². The van der Waals surface area contributed by atoms with Crippen LogP contribution < -0.4 is 5.32 Å². The largest absolute Gasteiger partial charge is 0.392 e. The highest BCUT2D eigenvalue weighted by molar-refractivity contribution is 5.91. The van der Waals surface area contributed by atoms with E-state index >= 15 is 0 Å². The smallest absolute Gasteiger partial charge is 0.137 e. The SMILES string of the molecule is Cc1cccc2ncnc(NCC(C)(C)C(O)C(C)C)c12. The van der Waals surface area contributed by atoms with Gasteiger partial charge in [0, 0.05) is 17.3 Å². The summed E-state index contributed by atoms with van der Waals surface area (Å²) in [5.74, 6) is 1.06. The Morgan fingerprint density at radius 1 is 1.24 bits per heavy atom. The molecule has 4 heteroatoms. The maximum atomic E-state index is 10.3. The second-order valence-corrected chi connectivity index (χ2v) is 6.72. The van der Waals surface area contributed by atoms with Crippen molar-refractivity contribution in [2.75, 3.05) is 11.9 Å². The van der Waals surface area contributed by atoms with Gasteiger partial charge in [0.1, 0.15) is 12.1 Å². The second-order valence-electron chi connectivity index (χ2n) is 6.72.